The summed E-state index contributed by atoms with van der Waals surface area (Å²) in [7, 11) is 0. The number of carboxylic acids is 1. The Morgan fingerprint density at radius 1 is 1.24 bits per heavy atom. The topological polar surface area (TPSA) is 78.4 Å². The van der Waals surface area contributed by atoms with Gasteiger partial charge in [0.15, 0.2) is 0 Å². The van der Waals surface area contributed by atoms with Gasteiger partial charge in [0.1, 0.15) is 6.04 Å². The first-order valence-electron chi connectivity index (χ1n) is 6.15. The number of rotatable bonds is 4. The van der Waals surface area contributed by atoms with E-state index >= 15 is 0 Å². The molecule has 1 aliphatic carbocycles. The first-order chi connectivity index (χ1) is 7.84. The van der Waals surface area contributed by atoms with Crippen LogP contribution in [0.25, 0.3) is 0 Å². The first kappa shape index (κ1) is 13.8. The molecular weight excluding hydrogens is 220 g/mol. The van der Waals surface area contributed by atoms with E-state index in [4.69, 9.17) is 5.11 Å². The predicted molar refractivity (Wildman–Crippen MR) is 64.8 cm³/mol. The van der Waals surface area contributed by atoms with Crippen molar-refractivity contribution < 1.29 is 14.7 Å². The van der Waals surface area contributed by atoms with E-state index in [1.54, 1.807) is 13.8 Å². The van der Waals surface area contributed by atoms with Crippen molar-refractivity contribution in [3.05, 3.63) is 0 Å². The zero-order chi connectivity index (χ0) is 13.1. The summed E-state index contributed by atoms with van der Waals surface area (Å²) in [6.45, 7) is 5.55. The average Bonchev–Trinajstić information content (AvgIpc) is 2.60. The van der Waals surface area contributed by atoms with Crippen LogP contribution < -0.4 is 10.6 Å². The molecule has 2 amide bonds. The van der Waals surface area contributed by atoms with E-state index in [0.717, 1.165) is 25.7 Å². The number of carbonyl (C=O) groups excluding carboxylic acids is 1. The Labute approximate surface area is 102 Å². The minimum absolute atomic E-state index is 0.130. The Morgan fingerprint density at radius 2 is 1.76 bits per heavy atom. The fourth-order valence-electron chi connectivity index (χ4n) is 2.25. The third kappa shape index (κ3) is 3.91. The number of hydrogen-bond acceptors (Lipinski definition) is 2. The molecule has 5 nitrogen and oxygen atoms in total. The number of urea groups is 1. The molecule has 1 saturated carbocycles. The van der Waals surface area contributed by atoms with Gasteiger partial charge in [0, 0.05) is 5.54 Å². The van der Waals surface area contributed by atoms with E-state index in [9.17, 15) is 9.59 Å². The van der Waals surface area contributed by atoms with Gasteiger partial charge in [-0.3, -0.25) is 0 Å². The monoisotopic (exact) mass is 242 g/mol. The SMILES string of the molecule is CC(C)[C@@H](NC(=O)NC1(C)CCCC1)C(=O)O. The van der Waals surface area contributed by atoms with Crippen LogP contribution in [0.15, 0.2) is 0 Å². The second-order valence-corrected chi connectivity index (χ2v) is 5.43. The lowest BCUT2D eigenvalue weighted by atomic mass is 10.0. The van der Waals surface area contributed by atoms with Crippen LogP contribution >= 0.6 is 0 Å². The first-order valence-corrected chi connectivity index (χ1v) is 6.15. The van der Waals surface area contributed by atoms with Crippen molar-refractivity contribution in [3.8, 4) is 0 Å². The fourth-order valence-corrected chi connectivity index (χ4v) is 2.25. The summed E-state index contributed by atoms with van der Waals surface area (Å²) >= 11 is 0. The minimum Gasteiger partial charge on any atom is -0.480 e. The lowest BCUT2D eigenvalue weighted by Gasteiger charge is -2.27. The molecule has 0 aliphatic heterocycles. The molecular formula is C12H22N2O3. The minimum atomic E-state index is -0.994. The van der Waals surface area contributed by atoms with E-state index in [-0.39, 0.29) is 17.5 Å². The molecule has 1 atom stereocenters. The highest BCUT2D eigenvalue weighted by molar-refractivity contribution is 5.83. The Balaban J connectivity index is 2.50. The number of aliphatic carboxylic acids is 1. The van der Waals surface area contributed by atoms with Gasteiger partial charge in [-0.05, 0) is 25.7 Å². The molecule has 0 bridgehead atoms. The Kier molecular flexibility index (Phi) is 4.37. The number of carboxylic acid groups (broad SMARTS) is 1. The zero-order valence-electron chi connectivity index (χ0n) is 10.7. The summed E-state index contributed by atoms with van der Waals surface area (Å²) in [4.78, 5) is 22.7. The van der Waals surface area contributed by atoms with Crippen molar-refractivity contribution >= 4 is 12.0 Å². The fraction of sp³-hybridized carbons (Fsp3) is 0.833. The van der Waals surface area contributed by atoms with E-state index in [1.165, 1.54) is 0 Å². The van der Waals surface area contributed by atoms with Gasteiger partial charge in [-0.2, -0.15) is 0 Å². The molecule has 17 heavy (non-hydrogen) atoms. The van der Waals surface area contributed by atoms with Crippen LogP contribution in [-0.4, -0.2) is 28.7 Å². The smallest absolute Gasteiger partial charge is 0.326 e. The molecule has 1 fully saturated rings. The van der Waals surface area contributed by atoms with Gasteiger partial charge >= 0.3 is 12.0 Å². The molecule has 0 unspecified atom stereocenters. The predicted octanol–water partition coefficient (Wildman–Crippen LogP) is 1.73. The van der Waals surface area contributed by atoms with E-state index in [0.29, 0.717) is 0 Å². The molecule has 5 heteroatoms. The van der Waals surface area contributed by atoms with Crippen LogP contribution in [0.3, 0.4) is 0 Å². The van der Waals surface area contributed by atoms with Crippen molar-refractivity contribution in [2.45, 2.75) is 58.0 Å². The van der Waals surface area contributed by atoms with Gasteiger partial charge in [0.25, 0.3) is 0 Å². The maximum atomic E-state index is 11.7. The quantitative estimate of drug-likeness (QED) is 0.702. The van der Waals surface area contributed by atoms with E-state index in [1.807, 2.05) is 6.92 Å². The summed E-state index contributed by atoms with van der Waals surface area (Å²) < 4.78 is 0. The molecule has 0 aromatic carbocycles. The van der Waals surface area contributed by atoms with Crippen molar-refractivity contribution in [2.75, 3.05) is 0 Å². The summed E-state index contributed by atoms with van der Waals surface area (Å²) in [6, 6.07) is -1.21. The molecule has 98 valence electrons. The number of nitrogens with one attached hydrogen (secondary N) is 2. The van der Waals surface area contributed by atoms with Gasteiger partial charge in [0.05, 0.1) is 0 Å². The Hall–Kier alpha value is -1.26. The maximum Gasteiger partial charge on any atom is 0.326 e. The summed E-state index contributed by atoms with van der Waals surface area (Å²) in [5, 5.41) is 14.4. The van der Waals surface area contributed by atoms with Crippen LogP contribution in [0.5, 0.6) is 0 Å². The van der Waals surface area contributed by atoms with Gasteiger partial charge < -0.3 is 15.7 Å². The Morgan fingerprint density at radius 3 is 2.18 bits per heavy atom. The van der Waals surface area contributed by atoms with Crippen LogP contribution in [0.2, 0.25) is 0 Å². The zero-order valence-corrected chi connectivity index (χ0v) is 10.7. The second kappa shape index (κ2) is 5.38. The van der Waals surface area contributed by atoms with Crippen LogP contribution in [0, 0.1) is 5.92 Å². The molecule has 1 aliphatic rings. The third-order valence-corrected chi connectivity index (χ3v) is 3.34. The van der Waals surface area contributed by atoms with Crippen molar-refractivity contribution in [1.82, 2.24) is 10.6 Å². The molecule has 0 radical (unpaired) electrons. The van der Waals surface area contributed by atoms with Crippen molar-refractivity contribution in [3.63, 3.8) is 0 Å². The van der Waals surface area contributed by atoms with E-state index in [2.05, 4.69) is 10.6 Å². The lowest BCUT2D eigenvalue weighted by Crippen LogP contribution is -2.54. The Bertz CT molecular complexity index is 296. The highest BCUT2D eigenvalue weighted by Crippen LogP contribution is 2.28. The van der Waals surface area contributed by atoms with Gasteiger partial charge in [0.2, 0.25) is 0 Å². The second-order valence-electron chi connectivity index (χ2n) is 5.43. The molecule has 0 saturated heterocycles. The van der Waals surface area contributed by atoms with E-state index < -0.39 is 12.0 Å². The van der Waals surface area contributed by atoms with Gasteiger partial charge in [-0.25, -0.2) is 9.59 Å². The highest BCUT2D eigenvalue weighted by Gasteiger charge is 2.31. The van der Waals surface area contributed by atoms with Crippen LogP contribution in [0.4, 0.5) is 4.79 Å². The third-order valence-electron chi connectivity index (χ3n) is 3.34. The molecule has 1 rings (SSSR count). The molecule has 0 aromatic rings. The van der Waals surface area contributed by atoms with Gasteiger partial charge in [-0.1, -0.05) is 26.7 Å². The molecule has 3 N–H and O–H groups in total. The van der Waals surface area contributed by atoms with Crippen molar-refractivity contribution in [2.24, 2.45) is 5.92 Å². The summed E-state index contributed by atoms with van der Waals surface area (Å²) in [5.41, 5.74) is -0.176. The lowest BCUT2D eigenvalue weighted by molar-refractivity contribution is -0.140. The number of amides is 2. The molecule has 0 spiro atoms. The highest BCUT2D eigenvalue weighted by atomic mass is 16.4. The van der Waals surface area contributed by atoms with Crippen LogP contribution in [0.1, 0.15) is 46.5 Å². The maximum absolute atomic E-state index is 11.7. The summed E-state index contributed by atoms with van der Waals surface area (Å²) in [6.07, 6.45) is 4.15. The normalized spacial score (nSPS) is 20.0. The molecule has 0 aromatic heterocycles. The van der Waals surface area contributed by atoms with Gasteiger partial charge in [-0.15, -0.1) is 0 Å². The largest absolute Gasteiger partial charge is 0.480 e. The molecule has 0 heterocycles. The van der Waals surface area contributed by atoms with Crippen molar-refractivity contribution in [1.29, 1.82) is 0 Å². The number of carbonyl (C=O) groups is 2. The standard InChI is InChI=1S/C12H22N2O3/c1-8(2)9(10(15)16)13-11(17)14-12(3)6-4-5-7-12/h8-9H,4-7H2,1-3H3,(H,15,16)(H2,13,14,17)/t9-/m1/s1. The average molecular weight is 242 g/mol. The van der Waals surface area contributed by atoms with Crippen LogP contribution in [-0.2, 0) is 4.79 Å². The summed E-state index contributed by atoms with van der Waals surface area (Å²) in [5.74, 6) is -1.12. The number of hydrogen-bond donors (Lipinski definition) is 3.